The van der Waals surface area contributed by atoms with Crippen LogP contribution in [-0.4, -0.2) is 20.4 Å². The van der Waals surface area contributed by atoms with Gasteiger partial charge in [-0.3, -0.25) is 9.78 Å². The average molecular weight is 254 g/mol. The number of nitrogen functional groups attached to an aromatic ring is 1. The van der Waals surface area contributed by atoms with Crippen molar-refractivity contribution < 1.29 is 4.79 Å². The number of benzene rings is 1. The van der Waals surface area contributed by atoms with Gasteiger partial charge in [-0.15, -0.1) is 0 Å². The van der Waals surface area contributed by atoms with Gasteiger partial charge in [0.05, 0.1) is 11.0 Å². The summed E-state index contributed by atoms with van der Waals surface area (Å²) < 4.78 is 1.09. The lowest BCUT2D eigenvalue weighted by Gasteiger charge is -2.02. The molecule has 0 radical (unpaired) electrons. The van der Waals surface area contributed by atoms with Crippen molar-refractivity contribution in [2.45, 2.75) is 0 Å². The minimum atomic E-state index is -0.484. The van der Waals surface area contributed by atoms with Gasteiger partial charge in [0.1, 0.15) is 0 Å². The Balaban J connectivity index is 2.23. The molecule has 0 amide bonds. The van der Waals surface area contributed by atoms with Crippen molar-refractivity contribution in [1.29, 1.82) is 0 Å². The SMILES string of the molecule is Nc1ccc2c(c1)[nH]c(=O)n2C(=O)c1ccncc1. The number of anilines is 1. The number of carbonyl (C=O) groups is 1. The summed E-state index contributed by atoms with van der Waals surface area (Å²) >= 11 is 0. The molecular formula is C13H10N4O2. The third-order valence-electron chi connectivity index (χ3n) is 2.84. The summed E-state index contributed by atoms with van der Waals surface area (Å²) in [6.07, 6.45) is 3.01. The Bertz CT molecular complexity index is 818. The Morgan fingerprint density at radius 3 is 2.68 bits per heavy atom. The number of nitrogens with zero attached hydrogens (tertiary/aromatic N) is 2. The van der Waals surface area contributed by atoms with E-state index in [0.29, 0.717) is 22.3 Å². The predicted molar refractivity (Wildman–Crippen MR) is 70.9 cm³/mol. The first kappa shape index (κ1) is 11.2. The Labute approximate surface area is 107 Å². The van der Waals surface area contributed by atoms with Gasteiger partial charge in [-0.05, 0) is 30.3 Å². The number of pyridine rings is 1. The van der Waals surface area contributed by atoms with E-state index >= 15 is 0 Å². The Morgan fingerprint density at radius 2 is 1.95 bits per heavy atom. The summed E-state index contributed by atoms with van der Waals surface area (Å²) in [7, 11) is 0. The quantitative estimate of drug-likeness (QED) is 0.633. The summed E-state index contributed by atoms with van der Waals surface area (Å²) in [4.78, 5) is 30.7. The van der Waals surface area contributed by atoms with E-state index in [1.165, 1.54) is 12.4 Å². The molecule has 3 N–H and O–H groups in total. The largest absolute Gasteiger partial charge is 0.399 e. The molecule has 1 aromatic carbocycles. The lowest BCUT2D eigenvalue weighted by molar-refractivity contribution is 0.0961. The molecule has 0 aliphatic carbocycles. The molecule has 3 aromatic rings. The number of nitrogens with one attached hydrogen (secondary N) is 1. The molecule has 94 valence electrons. The summed E-state index contributed by atoms with van der Waals surface area (Å²) in [5, 5.41) is 0. The molecule has 0 saturated heterocycles. The second kappa shape index (κ2) is 4.09. The number of aromatic nitrogens is 3. The smallest absolute Gasteiger partial charge is 0.333 e. The number of fused-ring (bicyclic) bond motifs is 1. The molecule has 0 aliphatic heterocycles. The molecule has 2 aromatic heterocycles. The van der Waals surface area contributed by atoms with Crippen LogP contribution < -0.4 is 11.4 Å². The maximum absolute atomic E-state index is 12.3. The molecule has 0 spiro atoms. The van der Waals surface area contributed by atoms with Crippen molar-refractivity contribution in [3.63, 3.8) is 0 Å². The molecular weight excluding hydrogens is 244 g/mol. The number of nitrogens with two attached hydrogens (primary N) is 1. The van der Waals surface area contributed by atoms with Gasteiger partial charge >= 0.3 is 5.69 Å². The second-order valence-electron chi connectivity index (χ2n) is 4.08. The summed E-state index contributed by atoms with van der Waals surface area (Å²) in [6, 6.07) is 8.02. The van der Waals surface area contributed by atoms with Crippen LogP contribution in [0.15, 0.2) is 47.5 Å². The average Bonchev–Trinajstić information content (AvgIpc) is 2.74. The third-order valence-corrected chi connectivity index (χ3v) is 2.84. The highest BCUT2D eigenvalue weighted by Gasteiger charge is 2.15. The van der Waals surface area contributed by atoms with Crippen molar-refractivity contribution in [3.05, 3.63) is 58.8 Å². The molecule has 6 nitrogen and oxygen atoms in total. The summed E-state index contributed by atoms with van der Waals surface area (Å²) in [5.74, 6) is -0.400. The number of aromatic amines is 1. The second-order valence-corrected chi connectivity index (χ2v) is 4.08. The normalized spacial score (nSPS) is 10.7. The molecule has 0 bridgehead atoms. The van der Waals surface area contributed by atoms with Gasteiger partial charge in [0.2, 0.25) is 0 Å². The number of carbonyl (C=O) groups excluding carboxylic acids is 1. The predicted octanol–water partition coefficient (Wildman–Crippen LogP) is 0.995. The van der Waals surface area contributed by atoms with Crippen molar-refractivity contribution in [2.75, 3.05) is 5.73 Å². The molecule has 0 fully saturated rings. The number of H-pyrrole nitrogens is 1. The maximum atomic E-state index is 12.3. The molecule has 3 rings (SSSR count). The van der Waals surface area contributed by atoms with E-state index in [0.717, 1.165) is 4.57 Å². The molecule has 19 heavy (non-hydrogen) atoms. The zero-order chi connectivity index (χ0) is 13.4. The molecule has 0 atom stereocenters. The zero-order valence-corrected chi connectivity index (χ0v) is 9.83. The van der Waals surface area contributed by atoms with Gasteiger partial charge in [-0.1, -0.05) is 0 Å². The van der Waals surface area contributed by atoms with Crippen LogP contribution >= 0.6 is 0 Å². The number of imidazole rings is 1. The van der Waals surface area contributed by atoms with Crippen LogP contribution in [0.3, 0.4) is 0 Å². The molecule has 0 saturated carbocycles. The van der Waals surface area contributed by atoms with Gasteiger partial charge in [-0.2, -0.15) is 0 Å². The molecule has 0 unspecified atom stereocenters. The topological polar surface area (TPSA) is 93.8 Å². The van der Waals surface area contributed by atoms with Gasteiger partial charge in [0, 0.05) is 23.6 Å². The fourth-order valence-electron chi connectivity index (χ4n) is 1.95. The minimum Gasteiger partial charge on any atom is -0.399 e. The van der Waals surface area contributed by atoms with Crippen molar-refractivity contribution in [3.8, 4) is 0 Å². The van der Waals surface area contributed by atoms with Gasteiger partial charge in [0.25, 0.3) is 5.91 Å². The van der Waals surface area contributed by atoms with Crippen LogP contribution in [0.4, 0.5) is 5.69 Å². The zero-order valence-electron chi connectivity index (χ0n) is 9.83. The van der Waals surface area contributed by atoms with Crippen LogP contribution in [0, 0.1) is 0 Å². The van der Waals surface area contributed by atoms with Gasteiger partial charge in [-0.25, -0.2) is 9.36 Å². The van der Waals surface area contributed by atoms with E-state index in [1.807, 2.05) is 0 Å². The highest BCUT2D eigenvalue weighted by Crippen LogP contribution is 2.15. The Hall–Kier alpha value is -2.89. The third kappa shape index (κ3) is 1.79. The number of hydrogen-bond donors (Lipinski definition) is 2. The molecule has 0 aliphatic rings. The first-order valence-corrected chi connectivity index (χ1v) is 5.62. The van der Waals surface area contributed by atoms with Crippen molar-refractivity contribution in [2.24, 2.45) is 0 Å². The fraction of sp³-hybridized carbons (Fsp3) is 0. The maximum Gasteiger partial charge on any atom is 0.333 e. The van der Waals surface area contributed by atoms with E-state index in [9.17, 15) is 9.59 Å². The minimum absolute atomic E-state index is 0.398. The van der Waals surface area contributed by atoms with E-state index in [-0.39, 0.29) is 0 Å². The van der Waals surface area contributed by atoms with Crippen LogP contribution in [0.5, 0.6) is 0 Å². The van der Waals surface area contributed by atoms with E-state index in [1.54, 1.807) is 30.3 Å². The fourth-order valence-corrected chi connectivity index (χ4v) is 1.95. The van der Waals surface area contributed by atoms with Gasteiger partial charge < -0.3 is 10.7 Å². The van der Waals surface area contributed by atoms with Crippen LogP contribution in [0.2, 0.25) is 0 Å². The standard InChI is InChI=1S/C13H10N4O2/c14-9-1-2-11-10(7-9)16-13(19)17(11)12(18)8-3-5-15-6-4-8/h1-7H,14H2,(H,16,19). The van der Waals surface area contributed by atoms with Crippen LogP contribution in [0.25, 0.3) is 11.0 Å². The molecule has 6 heteroatoms. The first-order chi connectivity index (χ1) is 9.16. The van der Waals surface area contributed by atoms with Gasteiger partial charge in [0.15, 0.2) is 0 Å². The summed E-state index contributed by atoms with van der Waals surface area (Å²) in [5.41, 5.74) is 7.12. The van der Waals surface area contributed by atoms with Crippen LogP contribution in [0.1, 0.15) is 10.4 Å². The monoisotopic (exact) mass is 254 g/mol. The van der Waals surface area contributed by atoms with Crippen molar-refractivity contribution >= 4 is 22.6 Å². The lowest BCUT2D eigenvalue weighted by atomic mass is 10.2. The number of hydrogen-bond acceptors (Lipinski definition) is 4. The number of rotatable bonds is 1. The Morgan fingerprint density at radius 1 is 1.21 bits per heavy atom. The lowest BCUT2D eigenvalue weighted by Crippen LogP contribution is -2.24. The summed E-state index contributed by atoms with van der Waals surface area (Å²) in [6.45, 7) is 0. The highest BCUT2D eigenvalue weighted by molar-refractivity contribution is 6.01. The Kier molecular flexibility index (Phi) is 2.42. The van der Waals surface area contributed by atoms with E-state index in [2.05, 4.69) is 9.97 Å². The van der Waals surface area contributed by atoms with E-state index < -0.39 is 11.6 Å². The van der Waals surface area contributed by atoms with Crippen molar-refractivity contribution in [1.82, 2.24) is 14.5 Å². The molecule has 2 heterocycles. The van der Waals surface area contributed by atoms with E-state index in [4.69, 9.17) is 5.73 Å². The highest BCUT2D eigenvalue weighted by atomic mass is 16.2. The van der Waals surface area contributed by atoms with Crippen LogP contribution in [-0.2, 0) is 0 Å². The first-order valence-electron chi connectivity index (χ1n) is 5.62.